The Bertz CT molecular complexity index is 2530. The lowest BCUT2D eigenvalue weighted by Gasteiger charge is -2.32. The molecule has 8 rings (SSSR count). The van der Waals surface area contributed by atoms with Crippen LogP contribution >= 0.6 is 0 Å². The molecular weight excluding hydrogens is 765 g/mol. The van der Waals surface area contributed by atoms with Crippen molar-refractivity contribution in [3.63, 3.8) is 0 Å². The minimum Gasteiger partial charge on any atom is -0.349 e. The minimum absolute atomic E-state index is 0.220. The molecule has 4 amide bonds. The topological polar surface area (TPSA) is 157 Å². The van der Waals surface area contributed by atoms with Crippen molar-refractivity contribution < 1.29 is 19.2 Å². The maximum atomic E-state index is 13.1. The highest BCUT2D eigenvalue weighted by Crippen LogP contribution is 2.26. The molecule has 2 aliphatic rings. The minimum atomic E-state index is -0.285. The van der Waals surface area contributed by atoms with Gasteiger partial charge in [-0.1, -0.05) is 73.5 Å². The Kier molecular flexibility index (Phi) is 14.1. The third-order valence-corrected chi connectivity index (χ3v) is 11.7. The van der Waals surface area contributed by atoms with Crippen LogP contribution in [0, 0.1) is 13.8 Å². The first-order valence-corrected chi connectivity index (χ1v) is 21.2. The summed E-state index contributed by atoms with van der Waals surface area (Å²) in [5, 5.41) is 19.0. The summed E-state index contributed by atoms with van der Waals surface area (Å²) in [6, 6.07) is 30.6. The fourth-order valence-corrected chi connectivity index (χ4v) is 8.14. The third kappa shape index (κ3) is 10.5. The zero-order chi connectivity index (χ0) is 42.7. The molecule has 2 unspecified atom stereocenters. The summed E-state index contributed by atoms with van der Waals surface area (Å²) < 4.78 is 0. The van der Waals surface area contributed by atoms with Crippen LogP contribution in [0.1, 0.15) is 91.3 Å². The second kappa shape index (κ2) is 20.2. The van der Waals surface area contributed by atoms with Gasteiger partial charge in [0.2, 0.25) is 0 Å². The molecule has 2 aromatic heterocycles. The molecule has 2 saturated heterocycles. The number of pyridine rings is 2. The fourth-order valence-electron chi connectivity index (χ4n) is 8.14. The number of carbonyl (C=O) groups excluding carboxylic acids is 4. The first-order chi connectivity index (χ1) is 29.7. The molecule has 4 aromatic carbocycles. The Morgan fingerprint density at radius 1 is 0.590 bits per heavy atom. The predicted octanol–water partition coefficient (Wildman–Crippen LogP) is 7.68. The highest BCUT2D eigenvalue weighted by Gasteiger charge is 2.23. The van der Waals surface area contributed by atoms with E-state index in [1.54, 1.807) is 36.7 Å². The van der Waals surface area contributed by atoms with Crippen LogP contribution in [0.15, 0.2) is 109 Å². The Labute approximate surface area is 356 Å². The van der Waals surface area contributed by atoms with E-state index in [1.165, 1.54) is 25.7 Å². The lowest BCUT2D eigenvalue weighted by molar-refractivity contribution is 0.0921. The SMILES string of the molecule is Cc1ccc(C(=O)Nc2cccnc2C(=O)NCC2CCCCN2)c2ccccc12.Cc1ccc(C(=O)Nc2cccnc2C(=O)NCC2CCCCN2C)c2ccccc12. The molecule has 0 aliphatic carbocycles. The summed E-state index contributed by atoms with van der Waals surface area (Å²) in [5.74, 6) is -1.08. The molecule has 6 aromatic rings. The maximum Gasteiger partial charge on any atom is 0.272 e. The number of aromatic nitrogens is 2. The van der Waals surface area contributed by atoms with E-state index >= 15 is 0 Å². The molecule has 5 N–H and O–H groups in total. The quantitative estimate of drug-likeness (QED) is 0.0943. The summed E-state index contributed by atoms with van der Waals surface area (Å²) in [5.41, 5.74) is 4.62. The van der Waals surface area contributed by atoms with Crippen LogP contribution in [-0.4, -0.2) is 83.8 Å². The lowest BCUT2D eigenvalue weighted by Crippen LogP contribution is -2.44. The van der Waals surface area contributed by atoms with E-state index in [1.807, 2.05) is 86.6 Å². The summed E-state index contributed by atoms with van der Waals surface area (Å²) >= 11 is 0. The molecule has 314 valence electrons. The lowest BCUT2D eigenvalue weighted by atomic mass is 10.00. The van der Waals surface area contributed by atoms with Gasteiger partial charge in [-0.3, -0.25) is 19.2 Å². The van der Waals surface area contributed by atoms with Gasteiger partial charge < -0.3 is 31.5 Å². The molecule has 4 heterocycles. The zero-order valence-corrected chi connectivity index (χ0v) is 35.1. The van der Waals surface area contributed by atoms with Crippen molar-refractivity contribution >= 4 is 56.5 Å². The molecule has 0 bridgehead atoms. The van der Waals surface area contributed by atoms with Crippen molar-refractivity contribution in [2.75, 3.05) is 43.9 Å². The molecule has 2 fully saturated rings. The smallest absolute Gasteiger partial charge is 0.272 e. The van der Waals surface area contributed by atoms with Crippen molar-refractivity contribution in [1.82, 2.24) is 30.8 Å². The van der Waals surface area contributed by atoms with Crippen LogP contribution in [0.4, 0.5) is 11.4 Å². The largest absolute Gasteiger partial charge is 0.349 e. The van der Waals surface area contributed by atoms with Gasteiger partial charge in [-0.05, 0) is 129 Å². The highest BCUT2D eigenvalue weighted by molar-refractivity contribution is 6.16. The van der Waals surface area contributed by atoms with Crippen LogP contribution in [0.2, 0.25) is 0 Å². The number of fused-ring (bicyclic) bond motifs is 2. The number of hydrogen-bond acceptors (Lipinski definition) is 8. The van der Waals surface area contributed by atoms with Gasteiger partial charge in [-0.2, -0.15) is 0 Å². The Balaban J connectivity index is 0.000000184. The summed E-state index contributed by atoms with van der Waals surface area (Å²) in [7, 11) is 2.09. The molecular formula is C49H54N8O4. The molecule has 0 radical (unpaired) electrons. The van der Waals surface area contributed by atoms with Crippen LogP contribution < -0.4 is 26.6 Å². The molecule has 2 atom stereocenters. The number of benzene rings is 4. The average molecular weight is 819 g/mol. The van der Waals surface area contributed by atoms with Crippen molar-refractivity contribution in [1.29, 1.82) is 0 Å². The van der Waals surface area contributed by atoms with E-state index in [0.29, 0.717) is 41.6 Å². The van der Waals surface area contributed by atoms with Gasteiger partial charge in [-0.15, -0.1) is 0 Å². The number of piperidine rings is 2. The standard InChI is InChI=1S/C25H28N4O2.C24H26N4O2/c1-17-12-13-21(20-10-4-3-9-19(17)20)24(30)28-22-11-7-14-26-23(22)25(31)27-16-18-8-5-6-15-29(18)2;1-16-11-12-20(19-9-3-2-8-18(16)19)23(29)28-21-10-6-14-26-22(21)24(30)27-15-17-7-4-5-13-25-17/h3-4,7,9-14,18H,5-6,8,15-16H2,1-2H3,(H,27,31)(H,28,30);2-3,6,8-12,14,17,25H,4-5,7,13,15H2,1H3,(H,27,30)(H,28,29). The van der Waals surface area contributed by atoms with Gasteiger partial charge in [0.25, 0.3) is 23.6 Å². The molecule has 12 nitrogen and oxygen atoms in total. The van der Waals surface area contributed by atoms with E-state index in [4.69, 9.17) is 0 Å². The van der Waals surface area contributed by atoms with Gasteiger partial charge in [0, 0.05) is 48.7 Å². The zero-order valence-electron chi connectivity index (χ0n) is 35.1. The summed E-state index contributed by atoms with van der Waals surface area (Å²) in [6.45, 7) is 7.20. The number of amides is 4. The fraction of sp³-hybridized carbons (Fsp3) is 0.306. The Morgan fingerprint density at radius 2 is 1.10 bits per heavy atom. The van der Waals surface area contributed by atoms with Crippen molar-refractivity contribution in [3.05, 3.63) is 143 Å². The van der Waals surface area contributed by atoms with E-state index in [-0.39, 0.29) is 41.1 Å². The molecule has 12 heteroatoms. The molecule has 0 saturated carbocycles. The van der Waals surface area contributed by atoms with E-state index in [0.717, 1.165) is 58.6 Å². The maximum absolute atomic E-state index is 13.1. The van der Waals surface area contributed by atoms with Crippen LogP contribution in [0.5, 0.6) is 0 Å². The Morgan fingerprint density at radius 3 is 1.61 bits per heavy atom. The van der Waals surface area contributed by atoms with Gasteiger partial charge >= 0.3 is 0 Å². The predicted molar refractivity (Wildman–Crippen MR) is 242 cm³/mol. The second-order valence-electron chi connectivity index (χ2n) is 15.9. The first-order valence-electron chi connectivity index (χ1n) is 21.2. The number of rotatable bonds is 10. The number of carbonyl (C=O) groups is 4. The van der Waals surface area contributed by atoms with Gasteiger partial charge in [-0.25, -0.2) is 9.97 Å². The number of nitrogens with one attached hydrogen (secondary N) is 5. The van der Waals surface area contributed by atoms with Crippen LogP contribution in [0.3, 0.4) is 0 Å². The monoisotopic (exact) mass is 818 g/mol. The number of likely N-dealkylation sites (N-methyl/N-ethyl adjacent to an activating group) is 1. The van der Waals surface area contributed by atoms with Crippen molar-refractivity contribution in [3.8, 4) is 0 Å². The number of hydrogen-bond donors (Lipinski definition) is 5. The van der Waals surface area contributed by atoms with Gasteiger partial charge in [0.1, 0.15) is 0 Å². The van der Waals surface area contributed by atoms with E-state index in [9.17, 15) is 19.2 Å². The Hall–Kier alpha value is -6.50. The van der Waals surface area contributed by atoms with Crippen molar-refractivity contribution in [2.24, 2.45) is 0 Å². The van der Waals surface area contributed by atoms with Crippen LogP contribution in [-0.2, 0) is 0 Å². The third-order valence-electron chi connectivity index (χ3n) is 11.7. The molecule has 61 heavy (non-hydrogen) atoms. The summed E-state index contributed by atoms with van der Waals surface area (Å²) in [6.07, 6.45) is 9.97. The number of nitrogens with zero attached hydrogens (tertiary/aromatic N) is 3. The normalized spacial score (nSPS) is 16.5. The number of anilines is 2. The summed E-state index contributed by atoms with van der Waals surface area (Å²) in [4.78, 5) is 62.4. The molecule has 0 spiro atoms. The van der Waals surface area contributed by atoms with Crippen LogP contribution in [0.25, 0.3) is 21.5 Å². The van der Waals surface area contributed by atoms with Crippen molar-refractivity contribution in [2.45, 2.75) is 64.5 Å². The highest BCUT2D eigenvalue weighted by atomic mass is 16.2. The van der Waals surface area contributed by atoms with E-state index < -0.39 is 0 Å². The van der Waals surface area contributed by atoms with Gasteiger partial charge in [0.15, 0.2) is 11.4 Å². The average Bonchev–Trinajstić information content (AvgIpc) is 3.29. The first kappa shape index (κ1) is 42.6. The number of aryl methyl sites for hydroxylation is 2. The van der Waals surface area contributed by atoms with Gasteiger partial charge in [0.05, 0.1) is 11.4 Å². The number of likely N-dealkylation sites (tertiary alicyclic amines) is 1. The van der Waals surface area contributed by atoms with E-state index in [2.05, 4.69) is 48.5 Å². The second-order valence-corrected chi connectivity index (χ2v) is 15.9. The molecule has 2 aliphatic heterocycles.